The van der Waals surface area contributed by atoms with Crippen LogP contribution < -0.4 is 15.4 Å². The largest absolute Gasteiger partial charge is 0.494 e. The van der Waals surface area contributed by atoms with E-state index in [1.54, 1.807) is 0 Å². The zero-order valence-electron chi connectivity index (χ0n) is 25.8. The Bertz CT molecular complexity index is 1720. The Morgan fingerprint density at radius 3 is 2.33 bits per heavy atom. The molecule has 0 atom stereocenters. The van der Waals surface area contributed by atoms with Gasteiger partial charge in [0.15, 0.2) is 0 Å². The van der Waals surface area contributed by atoms with E-state index in [0.29, 0.717) is 12.3 Å². The molecule has 0 radical (unpaired) electrons. The number of unbranched alkanes of at least 4 members (excludes halogenated alkanes) is 2. The van der Waals surface area contributed by atoms with Gasteiger partial charge < -0.3 is 20.1 Å². The Labute approximate surface area is 265 Å². The average Bonchev–Trinajstić information content (AvgIpc) is 3.08. The van der Waals surface area contributed by atoms with Crippen LogP contribution in [-0.2, 0) is 11.3 Å². The van der Waals surface area contributed by atoms with Gasteiger partial charge in [-0.3, -0.25) is 9.88 Å². The van der Waals surface area contributed by atoms with Crippen LogP contribution in [0.4, 0.5) is 16.2 Å². The molecular weight excluding hydrogens is 560 g/mol. The summed E-state index contributed by atoms with van der Waals surface area (Å²) in [7, 11) is 0. The number of carbonyl (C=O) groups excluding carboxylic acids is 1. The number of ether oxygens (including phenoxy) is 2. The van der Waals surface area contributed by atoms with Gasteiger partial charge in [0.25, 0.3) is 0 Å². The van der Waals surface area contributed by atoms with Crippen molar-refractivity contribution < 1.29 is 14.3 Å². The lowest BCUT2D eigenvalue weighted by Gasteiger charge is -2.26. The number of aromatic nitrogens is 1. The number of benzene rings is 4. The summed E-state index contributed by atoms with van der Waals surface area (Å²) in [5, 5.41) is 8.20. The number of urea groups is 1. The summed E-state index contributed by atoms with van der Waals surface area (Å²) in [6.45, 7) is 7.06. The normalized spacial score (nSPS) is 13.4. The summed E-state index contributed by atoms with van der Waals surface area (Å²) < 4.78 is 11.5. The van der Waals surface area contributed by atoms with Crippen LogP contribution in [0, 0.1) is 0 Å². The van der Waals surface area contributed by atoms with E-state index in [4.69, 9.17) is 14.5 Å². The number of fused-ring (bicyclic) bond motifs is 1. The van der Waals surface area contributed by atoms with E-state index in [9.17, 15) is 4.79 Å². The van der Waals surface area contributed by atoms with Crippen LogP contribution in [0.1, 0.15) is 31.9 Å². The van der Waals surface area contributed by atoms with E-state index in [2.05, 4.69) is 46.7 Å². The standard InChI is InChI=1S/C38H40N4O3/c1-2-3-9-22-45-31-16-17-33(28-10-5-4-6-11-28)37(25-31)41-38(43)40-36-19-18-32(34-12-7-8-13-35(34)36)29-14-15-30(39-26-29)27-42-20-23-44-24-21-42/h4-8,10-19,25-26H,2-3,9,20-24,27H2,1H3,(H2,40,41,43). The van der Waals surface area contributed by atoms with Crippen molar-refractivity contribution in [1.82, 2.24) is 9.88 Å². The van der Waals surface area contributed by atoms with Gasteiger partial charge in [-0.05, 0) is 47.2 Å². The molecule has 1 saturated heterocycles. The first kappa shape index (κ1) is 30.3. The number of hydrogen-bond acceptors (Lipinski definition) is 5. The molecule has 2 N–H and O–H groups in total. The number of amides is 2. The predicted octanol–water partition coefficient (Wildman–Crippen LogP) is 8.61. The number of pyridine rings is 1. The van der Waals surface area contributed by atoms with E-state index in [0.717, 1.165) is 102 Å². The smallest absolute Gasteiger partial charge is 0.323 e. The summed E-state index contributed by atoms with van der Waals surface area (Å²) in [6, 6.07) is 32.0. The van der Waals surface area contributed by atoms with Crippen molar-refractivity contribution in [3.63, 3.8) is 0 Å². The third-order valence-electron chi connectivity index (χ3n) is 8.14. The van der Waals surface area contributed by atoms with Crippen molar-refractivity contribution >= 4 is 28.2 Å². The highest BCUT2D eigenvalue weighted by atomic mass is 16.5. The molecule has 1 fully saturated rings. The van der Waals surface area contributed by atoms with Crippen LogP contribution in [0.25, 0.3) is 33.0 Å². The monoisotopic (exact) mass is 600 g/mol. The Balaban J connectivity index is 1.21. The van der Waals surface area contributed by atoms with E-state index in [1.165, 1.54) is 0 Å². The minimum absolute atomic E-state index is 0.317. The molecule has 7 heteroatoms. The number of rotatable bonds is 11. The zero-order chi connectivity index (χ0) is 30.8. The molecule has 4 aromatic carbocycles. The van der Waals surface area contributed by atoms with Crippen molar-refractivity contribution in [3.8, 4) is 28.0 Å². The highest BCUT2D eigenvalue weighted by Gasteiger charge is 2.15. The minimum Gasteiger partial charge on any atom is -0.494 e. The molecule has 0 unspecified atom stereocenters. The lowest BCUT2D eigenvalue weighted by Crippen LogP contribution is -2.35. The van der Waals surface area contributed by atoms with Gasteiger partial charge in [-0.25, -0.2) is 4.79 Å². The van der Waals surface area contributed by atoms with Crippen molar-refractivity contribution in [2.24, 2.45) is 0 Å². The van der Waals surface area contributed by atoms with Gasteiger partial charge in [-0.15, -0.1) is 0 Å². The highest BCUT2D eigenvalue weighted by Crippen LogP contribution is 2.35. The van der Waals surface area contributed by atoms with Crippen LogP contribution in [0.15, 0.2) is 103 Å². The number of morpholine rings is 1. The molecule has 1 aromatic heterocycles. The lowest BCUT2D eigenvalue weighted by atomic mass is 9.98. The number of hydrogen-bond donors (Lipinski definition) is 2. The zero-order valence-corrected chi connectivity index (χ0v) is 25.8. The molecule has 0 saturated carbocycles. The summed E-state index contributed by atoms with van der Waals surface area (Å²) in [4.78, 5) is 20.6. The summed E-state index contributed by atoms with van der Waals surface area (Å²) in [5.41, 5.74) is 6.52. The maximum atomic E-state index is 13.5. The summed E-state index contributed by atoms with van der Waals surface area (Å²) >= 11 is 0. The Hall–Kier alpha value is -4.72. The molecule has 5 aromatic rings. The second-order valence-electron chi connectivity index (χ2n) is 11.3. The van der Waals surface area contributed by atoms with E-state index in [-0.39, 0.29) is 6.03 Å². The predicted molar refractivity (Wildman–Crippen MR) is 183 cm³/mol. The van der Waals surface area contributed by atoms with Gasteiger partial charge in [-0.2, -0.15) is 0 Å². The third-order valence-corrected chi connectivity index (χ3v) is 8.14. The van der Waals surface area contributed by atoms with Crippen LogP contribution in [0.5, 0.6) is 5.75 Å². The maximum absolute atomic E-state index is 13.5. The third kappa shape index (κ3) is 7.69. The van der Waals surface area contributed by atoms with Gasteiger partial charge in [0.1, 0.15) is 5.75 Å². The van der Waals surface area contributed by atoms with E-state index >= 15 is 0 Å². The summed E-state index contributed by atoms with van der Waals surface area (Å²) in [5.74, 6) is 0.737. The second kappa shape index (κ2) is 14.8. The molecule has 230 valence electrons. The van der Waals surface area contributed by atoms with Crippen molar-refractivity contribution in [1.29, 1.82) is 0 Å². The number of anilines is 2. The average molecular weight is 601 g/mol. The van der Waals surface area contributed by atoms with Gasteiger partial charge >= 0.3 is 6.03 Å². The van der Waals surface area contributed by atoms with Crippen molar-refractivity contribution in [3.05, 3.63) is 109 Å². The number of nitrogens with one attached hydrogen (secondary N) is 2. The molecule has 2 amide bonds. The van der Waals surface area contributed by atoms with Gasteiger partial charge in [0.05, 0.1) is 36.9 Å². The molecule has 45 heavy (non-hydrogen) atoms. The molecule has 0 bridgehead atoms. The number of nitrogens with zero attached hydrogens (tertiary/aromatic N) is 2. The van der Waals surface area contributed by atoms with Crippen LogP contribution >= 0.6 is 0 Å². The fourth-order valence-electron chi connectivity index (χ4n) is 5.73. The fourth-order valence-corrected chi connectivity index (χ4v) is 5.73. The Morgan fingerprint density at radius 2 is 1.56 bits per heavy atom. The number of carbonyl (C=O) groups is 1. The lowest BCUT2D eigenvalue weighted by molar-refractivity contribution is 0.0336. The van der Waals surface area contributed by atoms with E-state index in [1.807, 2.05) is 79.0 Å². The first-order valence-electron chi connectivity index (χ1n) is 15.9. The fraction of sp³-hybridized carbons (Fsp3) is 0.263. The highest BCUT2D eigenvalue weighted by molar-refractivity contribution is 6.10. The minimum atomic E-state index is -0.317. The molecule has 1 aliphatic rings. The van der Waals surface area contributed by atoms with Gasteiger partial charge in [0.2, 0.25) is 0 Å². The van der Waals surface area contributed by atoms with Crippen molar-refractivity contribution in [2.45, 2.75) is 32.7 Å². The SMILES string of the molecule is CCCCCOc1ccc(-c2ccccc2)c(NC(=O)Nc2ccc(-c3ccc(CN4CCOCC4)nc3)c3ccccc23)c1. The maximum Gasteiger partial charge on any atom is 0.323 e. The molecule has 0 spiro atoms. The van der Waals surface area contributed by atoms with Crippen LogP contribution in [0.2, 0.25) is 0 Å². The van der Waals surface area contributed by atoms with Crippen molar-refractivity contribution in [2.75, 3.05) is 43.5 Å². The Morgan fingerprint density at radius 1 is 0.800 bits per heavy atom. The topological polar surface area (TPSA) is 75.7 Å². The van der Waals surface area contributed by atoms with Crippen LogP contribution in [-0.4, -0.2) is 48.8 Å². The summed E-state index contributed by atoms with van der Waals surface area (Å²) in [6.07, 6.45) is 5.20. The molecule has 2 heterocycles. The molecular formula is C38H40N4O3. The van der Waals surface area contributed by atoms with Gasteiger partial charge in [-0.1, -0.05) is 86.5 Å². The first-order valence-corrected chi connectivity index (χ1v) is 15.9. The Kier molecular flexibility index (Phi) is 10.00. The molecule has 7 nitrogen and oxygen atoms in total. The molecule has 1 aliphatic heterocycles. The quantitative estimate of drug-likeness (QED) is 0.149. The van der Waals surface area contributed by atoms with E-state index < -0.39 is 0 Å². The first-order chi connectivity index (χ1) is 22.2. The molecule has 0 aliphatic carbocycles. The molecule has 6 rings (SSSR count). The second-order valence-corrected chi connectivity index (χ2v) is 11.3. The van der Waals surface area contributed by atoms with Gasteiger partial charge in [0, 0.05) is 48.4 Å². The van der Waals surface area contributed by atoms with Crippen LogP contribution in [0.3, 0.4) is 0 Å².